The minimum Gasteiger partial charge on any atom is -0.293 e. The van der Waals surface area contributed by atoms with Crippen molar-refractivity contribution < 1.29 is 9.18 Å². The summed E-state index contributed by atoms with van der Waals surface area (Å²) < 4.78 is 13.7. The SMILES string of the molecule is O=C(Cc1ccc(Cl)s1)c1sccc1F. The van der Waals surface area contributed by atoms with Crippen LogP contribution in [-0.4, -0.2) is 5.78 Å². The van der Waals surface area contributed by atoms with Crippen LogP contribution in [0.1, 0.15) is 14.5 Å². The smallest absolute Gasteiger partial charge is 0.180 e. The fourth-order valence-electron chi connectivity index (χ4n) is 1.18. The zero-order valence-electron chi connectivity index (χ0n) is 7.50. The summed E-state index contributed by atoms with van der Waals surface area (Å²) in [5.74, 6) is -0.631. The van der Waals surface area contributed by atoms with E-state index in [1.165, 1.54) is 17.4 Å². The lowest BCUT2D eigenvalue weighted by atomic mass is 10.2. The van der Waals surface area contributed by atoms with Crippen LogP contribution in [-0.2, 0) is 6.42 Å². The van der Waals surface area contributed by atoms with E-state index in [9.17, 15) is 9.18 Å². The Morgan fingerprint density at radius 1 is 1.40 bits per heavy atom. The van der Waals surface area contributed by atoms with E-state index in [1.54, 1.807) is 17.5 Å². The molecule has 5 heteroatoms. The van der Waals surface area contributed by atoms with Crippen molar-refractivity contribution in [1.82, 2.24) is 0 Å². The maximum Gasteiger partial charge on any atom is 0.180 e. The number of hydrogen-bond acceptors (Lipinski definition) is 3. The van der Waals surface area contributed by atoms with Gasteiger partial charge in [-0.3, -0.25) is 4.79 Å². The van der Waals surface area contributed by atoms with Crippen LogP contribution in [0.2, 0.25) is 4.34 Å². The Bertz CT molecular complexity index is 489. The van der Waals surface area contributed by atoms with Crippen molar-refractivity contribution in [3.05, 3.63) is 43.5 Å². The predicted octanol–water partition coefficient (Wildman–Crippen LogP) is 4.03. The molecule has 2 rings (SSSR count). The molecule has 0 atom stereocenters. The third-order valence-corrected chi connectivity index (χ3v) is 4.00. The highest BCUT2D eigenvalue weighted by Crippen LogP contribution is 2.24. The summed E-state index contributed by atoms with van der Waals surface area (Å²) in [4.78, 5) is 12.7. The highest BCUT2D eigenvalue weighted by atomic mass is 35.5. The fourth-order valence-corrected chi connectivity index (χ4v) is 2.97. The first-order valence-corrected chi connectivity index (χ1v) is 6.24. The first kappa shape index (κ1) is 10.8. The lowest BCUT2D eigenvalue weighted by Crippen LogP contribution is -2.01. The third-order valence-electron chi connectivity index (χ3n) is 1.83. The zero-order valence-corrected chi connectivity index (χ0v) is 9.89. The summed E-state index contributed by atoms with van der Waals surface area (Å²) in [6, 6.07) is 4.83. The minimum atomic E-state index is -0.437. The molecule has 0 unspecified atom stereocenters. The van der Waals surface area contributed by atoms with E-state index in [1.807, 2.05) is 0 Å². The standard InChI is InChI=1S/C10H6ClFOS2/c11-9-2-1-6(15-9)5-8(13)10-7(12)3-4-14-10/h1-4H,5H2. The van der Waals surface area contributed by atoms with Crippen LogP contribution < -0.4 is 0 Å². The van der Waals surface area contributed by atoms with Crippen LogP contribution in [0.25, 0.3) is 0 Å². The number of carbonyl (C=O) groups excluding carboxylic acids is 1. The van der Waals surface area contributed by atoms with E-state index in [-0.39, 0.29) is 17.1 Å². The quantitative estimate of drug-likeness (QED) is 0.762. The van der Waals surface area contributed by atoms with Gasteiger partial charge in [0.2, 0.25) is 0 Å². The number of Topliss-reactive ketones (excluding diaryl/α,β-unsaturated/α-hetero) is 1. The predicted molar refractivity (Wildman–Crippen MR) is 61.6 cm³/mol. The van der Waals surface area contributed by atoms with Crippen molar-refractivity contribution in [3.63, 3.8) is 0 Å². The Hall–Kier alpha value is -0.710. The van der Waals surface area contributed by atoms with Gasteiger partial charge in [0.15, 0.2) is 5.78 Å². The molecule has 0 aromatic carbocycles. The molecule has 2 aromatic rings. The van der Waals surface area contributed by atoms with E-state index < -0.39 is 5.82 Å². The van der Waals surface area contributed by atoms with Crippen LogP contribution >= 0.6 is 34.3 Å². The summed E-state index contributed by atoms with van der Waals surface area (Å²) in [6.45, 7) is 0. The molecule has 0 saturated heterocycles. The molecule has 15 heavy (non-hydrogen) atoms. The molecule has 0 fully saturated rings. The number of thiophene rings is 2. The molecule has 0 spiro atoms. The third kappa shape index (κ3) is 2.45. The Labute approximate surface area is 99.1 Å². The van der Waals surface area contributed by atoms with Crippen LogP contribution in [0, 0.1) is 5.82 Å². The van der Waals surface area contributed by atoms with E-state index in [0.717, 1.165) is 16.2 Å². The second kappa shape index (κ2) is 4.43. The Morgan fingerprint density at radius 3 is 2.73 bits per heavy atom. The van der Waals surface area contributed by atoms with Gasteiger partial charge in [-0.05, 0) is 23.6 Å². The average molecular weight is 261 g/mol. The van der Waals surface area contributed by atoms with Gasteiger partial charge in [0.1, 0.15) is 10.7 Å². The molecule has 0 saturated carbocycles. The number of rotatable bonds is 3. The lowest BCUT2D eigenvalue weighted by molar-refractivity contribution is 0.0994. The molecule has 0 bridgehead atoms. The van der Waals surface area contributed by atoms with Crippen molar-refractivity contribution in [2.24, 2.45) is 0 Å². The van der Waals surface area contributed by atoms with E-state index in [2.05, 4.69) is 0 Å². The topological polar surface area (TPSA) is 17.1 Å². The summed E-state index contributed by atoms with van der Waals surface area (Å²) in [6.07, 6.45) is 0.217. The normalized spacial score (nSPS) is 10.5. The first-order chi connectivity index (χ1) is 7.16. The second-order valence-corrected chi connectivity index (χ2v) is 5.62. The highest BCUT2D eigenvalue weighted by Gasteiger charge is 2.14. The summed E-state index contributed by atoms with van der Waals surface area (Å²) in [7, 11) is 0. The molecule has 2 heterocycles. The monoisotopic (exact) mass is 260 g/mol. The van der Waals surface area contributed by atoms with Gasteiger partial charge in [-0.2, -0.15) is 0 Å². The number of halogens is 2. The van der Waals surface area contributed by atoms with Gasteiger partial charge in [0.05, 0.1) is 4.34 Å². The molecule has 0 amide bonds. The average Bonchev–Trinajstić information content (AvgIpc) is 2.75. The van der Waals surface area contributed by atoms with Gasteiger partial charge >= 0.3 is 0 Å². The van der Waals surface area contributed by atoms with Gasteiger partial charge in [0, 0.05) is 11.3 Å². The van der Waals surface area contributed by atoms with Crippen LogP contribution in [0.5, 0.6) is 0 Å². The molecule has 0 aliphatic carbocycles. The summed E-state index contributed by atoms with van der Waals surface area (Å²) >= 11 is 8.21. The molecular formula is C10H6ClFOS2. The molecule has 78 valence electrons. The Balaban J connectivity index is 2.14. The van der Waals surface area contributed by atoms with E-state index in [0.29, 0.717) is 4.34 Å². The molecule has 0 aliphatic rings. The van der Waals surface area contributed by atoms with Crippen molar-refractivity contribution >= 4 is 40.1 Å². The molecule has 1 nitrogen and oxygen atoms in total. The van der Waals surface area contributed by atoms with Gasteiger partial charge in [-0.25, -0.2) is 4.39 Å². The van der Waals surface area contributed by atoms with Gasteiger partial charge in [0.25, 0.3) is 0 Å². The van der Waals surface area contributed by atoms with Crippen LogP contribution in [0.3, 0.4) is 0 Å². The summed E-state index contributed by atoms with van der Waals surface area (Å²) in [5.41, 5.74) is 0. The van der Waals surface area contributed by atoms with Gasteiger partial charge in [-0.15, -0.1) is 22.7 Å². The zero-order chi connectivity index (χ0) is 10.8. The molecular weight excluding hydrogens is 255 g/mol. The van der Waals surface area contributed by atoms with Crippen molar-refractivity contribution in [3.8, 4) is 0 Å². The number of hydrogen-bond donors (Lipinski definition) is 0. The minimum absolute atomic E-state index is 0.194. The Kier molecular flexibility index (Phi) is 3.19. The highest BCUT2D eigenvalue weighted by molar-refractivity contribution is 7.16. The van der Waals surface area contributed by atoms with Crippen LogP contribution in [0.4, 0.5) is 4.39 Å². The van der Waals surface area contributed by atoms with E-state index in [4.69, 9.17) is 11.6 Å². The van der Waals surface area contributed by atoms with Gasteiger partial charge < -0.3 is 0 Å². The largest absolute Gasteiger partial charge is 0.293 e. The lowest BCUT2D eigenvalue weighted by Gasteiger charge is -1.94. The van der Waals surface area contributed by atoms with Crippen molar-refractivity contribution in [2.75, 3.05) is 0 Å². The molecule has 2 aromatic heterocycles. The second-order valence-electron chi connectivity index (χ2n) is 2.90. The first-order valence-electron chi connectivity index (χ1n) is 4.17. The maximum absolute atomic E-state index is 13.1. The van der Waals surface area contributed by atoms with E-state index >= 15 is 0 Å². The van der Waals surface area contributed by atoms with Crippen LogP contribution in [0.15, 0.2) is 23.6 Å². The molecule has 0 N–H and O–H groups in total. The van der Waals surface area contributed by atoms with Gasteiger partial charge in [-0.1, -0.05) is 11.6 Å². The molecule has 0 radical (unpaired) electrons. The number of ketones is 1. The maximum atomic E-state index is 13.1. The van der Waals surface area contributed by atoms with Crippen molar-refractivity contribution in [1.29, 1.82) is 0 Å². The number of carbonyl (C=O) groups is 1. The Morgan fingerprint density at radius 2 is 2.20 bits per heavy atom. The summed E-state index contributed by atoms with van der Waals surface area (Å²) in [5, 5.41) is 1.57. The molecule has 0 aliphatic heterocycles. The fraction of sp³-hybridized carbons (Fsp3) is 0.100. The van der Waals surface area contributed by atoms with Crippen molar-refractivity contribution in [2.45, 2.75) is 6.42 Å².